The molecule has 0 N–H and O–H groups in total. The number of rotatable bonds is 6. The second-order valence-electron chi connectivity index (χ2n) is 7.46. The van der Waals surface area contributed by atoms with Gasteiger partial charge in [-0.1, -0.05) is 42.5 Å². The van der Waals surface area contributed by atoms with Gasteiger partial charge in [0, 0.05) is 25.4 Å². The van der Waals surface area contributed by atoms with Gasteiger partial charge >= 0.3 is 6.18 Å². The van der Waals surface area contributed by atoms with Crippen molar-refractivity contribution in [2.45, 2.75) is 19.3 Å². The Kier molecular flexibility index (Phi) is 5.99. The van der Waals surface area contributed by atoms with Crippen LogP contribution in [0.4, 0.5) is 17.6 Å². The number of hydrogen-bond donors (Lipinski definition) is 0. The molecule has 0 fully saturated rings. The molecule has 33 heavy (non-hydrogen) atoms. The van der Waals surface area contributed by atoms with Crippen LogP contribution in [0.5, 0.6) is 0 Å². The Morgan fingerprint density at radius 2 is 1.67 bits per heavy atom. The summed E-state index contributed by atoms with van der Waals surface area (Å²) < 4.78 is 57.8. The minimum absolute atomic E-state index is 0.0375. The van der Waals surface area contributed by atoms with Crippen molar-refractivity contribution in [1.82, 2.24) is 24.5 Å². The predicted octanol–water partition coefficient (Wildman–Crippen LogP) is 4.55. The lowest BCUT2D eigenvalue weighted by atomic mass is 10.2. The van der Waals surface area contributed by atoms with Gasteiger partial charge in [-0.3, -0.25) is 9.48 Å². The van der Waals surface area contributed by atoms with Gasteiger partial charge in [0.05, 0.1) is 24.5 Å². The molecule has 6 nitrogen and oxygen atoms in total. The van der Waals surface area contributed by atoms with Gasteiger partial charge in [0.2, 0.25) is 0 Å². The molecule has 4 aromatic rings. The Bertz CT molecular complexity index is 1260. The van der Waals surface area contributed by atoms with Crippen molar-refractivity contribution in [3.8, 4) is 5.69 Å². The summed E-state index contributed by atoms with van der Waals surface area (Å²) in [4.78, 5) is 14.0. The molecule has 1 amide bonds. The molecule has 0 aliphatic carbocycles. The molecule has 4 rings (SSSR count). The predicted molar refractivity (Wildman–Crippen MR) is 112 cm³/mol. The van der Waals surface area contributed by atoms with Crippen LogP contribution in [0.1, 0.15) is 27.2 Å². The number of hydrogen-bond acceptors (Lipinski definition) is 3. The van der Waals surface area contributed by atoms with Gasteiger partial charge in [-0.25, -0.2) is 9.07 Å². The number of carbonyl (C=O) groups is 1. The second kappa shape index (κ2) is 8.89. The number of amides is 1. The monoisotopic (exact) mass is 457 g/mol. The van der Waals surface area contributed by atoms with Crippen molar-refractivity contribution >= 4 is 5.91 Å². The van der Waals surface area contributed by atoms with Crippen molar-refractivity contribution in [2.24, 2.45) is 0 Å². The van der Waals surface area contributed by atoms with Gasteiger partial charge in [0.25, 0.3) is 5.91 Å². The van der Waals surface area contributed by atoms with Crippen LogP contribution < -0.4 is 0 Å². The third-order valence-electron chi connectivity index (χ3n) is 4.99. The van der Waals surface area contributed by atoms with E-state index >= 15 is 0 Å². The first kappa shape index (κ1) is 22.3. The first-order valence-electron chi connectivity index (χ1n) is 9.95. The summed E-state index contributed by atoms with van der Waals surface area (Å²) >= 11 is 0. The van der Waals surface area contributed by atoms with Crippen molar-refractivity contribution in [3.63, 3.8) is 0 Å². The van der Waals surface area contributed by atoms with Crippen LogP contribution in [0.25, 0.3) is 5.69 Å². The summed E-state index contributed by atoms with van der Waals surface area (Å²) in [7, 11) is 1.39. The molecule has 0 radical (unpaired) electrons. The molecule has 0 saturated carbocycles. The summed E-state index contributed by atoms with van der Waals surface area (Å²) in [5.74, 6) is -1.77. The van der Waals surface area contributed by atoms with E-state index in [2.05, 4.69) is 10.2 Å². The molecule has 0 aliphatic heterocycles. The van der Waals surface area contributed by atoms with E-state index in [0.717, 1.165) is 28.8 Å². The minimum Gasteiger partial charge on any atom is -0.337 e. The highest BCUT2D eigenvalue weighted by Crippen LogP contribution is 2.34. The Morgan fingerprint density at radius 1 is 0.970 bits per heavy atom. The van der Waals surface area contributed by atoms with E-state index in [9.17, 15) is 22.4 Å². The molecular formula is C23H19F4N5O. The summed E-state index contributed by atoms with van der Waals surface area (Å²) in [6.07, 6.45) is -0.831. The van der Waals surface area contributed by atoms with E-state index in [4.69, 9.17) is 0 Å². The van der Waals surface area contributed by atoms with Gasteiger partial charge in [-0.05, 0) is 17.7 Å². The lowest BCUT2D eigenvalue weighted by Gasteiger charge is -2.18. The van der Waals surface area contributed by atoms with E-state index < -0.39 is 34.8 Å². The molecular weight excluding hydrogens is 438 g/mol. The summed E-state index contributed by atoms with van der Waals surface area (Å²) in [6.45, 7) is 0.557. The minimum atomic E-state index is -4.93. The number of carbonyl (C=O) groups excluding carboxylic acids is 1. The van der Waals surface area contributed by atoms with Crippen molar-refractivity contribution in [1.29, 1.82) is 0 Å². The zero-order valence-corrected chi connectivity index (χ0v) is 17.5. The SMILES string of the molecule is CN(Cc1cnn(Cc2ccccc2)c1)C(=O)c1cnn(-c2ccccc2F)c1C(F)(F)F. The maximum atomic E-state index is 14.1. The quantitative estimate of drug-likeness (QED) is 0.400. The zero-order chi connectivity index (χ0) is 23.6. The largest absolute Gasteiger partial charge is 0.434 e. The van der Waals surface area contributed by atoms with Crippen LogP contribution in [0.3, 0.4) is 0 Å². The number of halogens is 4. The third-order valence-corrected chi connectivity index (χ3v) is 4.99. The van der Waals surface area contributed by atoms with Gasteiger partial charge in [-0.2, -0.15) is 23.4 Å². The molecule has 0 aliphatic rings. The van der Waals surface area contributed by atoms with Crippen LogP contribution in [-0.2, 0) is 19.3 Å². The summed E-state index contributed by atoms with van der Waals surface area (Å²) in [6, 6.07) is 14.6. The van der Waals surface area contributed by atoms with E-state index in [-0.39, 0.29) is 6.54 Å². The smallest absolute Gasteiger partial charge is 0.337 e. The maximum absolute atomic E-state index is 14.1. The highest BCUT2D eigenvalue weighted by Gasteiger charge is 2.41. The van der Waals surface area contributed by atoms with Crippen molar-refractivity contribution < 1.29 is 22.4 Å². The van der Waals surface area contributed by atoms with Crippen LogP contribution in [0, 0.1) is 5.82 Å². The number of para-hydroxylation sites is 1. The Labute approximate surface area is 186 Å². The fraction of sp³-hybridized carbons (Fsp3) is 0.174. The van der Waals surface area contributed by atoms with Gasteiger partial charge in [0.1, 0.15) is 11.5 Å². The average molecular weight is 457 g/mol. The van der Waals surface area contributed by atoms with Crippen LogP contribution in [0.15, 0.2) is 73.2 Å². The first-order chi connectivity index (χ1) is 15.7. The molecule has 2 aromatic carbocycles. The molecule has 0 atom stereocenters. The van der Waals surface area contributed by atoms with Gasteiger partial charge < -0.3 is 4.90 Å². The second-order valence-corrected chi connectivity index (χ2v) is 7.46. The average Bonchev–Trinajstić information content (AvgIpc) is 3.41. The number of nitrogens with zero attached hydrogens (tertiary/aromatic N) is 5. The first-order valence-corrected chi connectivity index (χ1v) is 9.95. The third kappa shape index (κ3) is 4.79. The molecule has 170 valence electrons. The lowest BCUT2D eigenvalue weighted by Crippen LogP contribution is -2.28. The van der Waals surface area contributed by atoms with Crippen LogP contribution in [-0.4, -0.2) is 37.4 Å². The Balaban J connectivity index is 1.56. The summed E-state index contributed by atoms with van der Waals surface area (Å²) in [5, 5.41) is 7.92. The number of benzene rings is 2. The lowest BCUT2D eigenvalue weighted by molar-refractivity contribution is -0.143. The van der Waals surface area contributed by atoms with E-state index in [1.165, 1.54) is 19.2 Å². The van der Waals surface area contributed by atoms with E-state index in [0.29, 0.717) is 16.8 Å². The molecule has 2 aromatic heterocycles. The zero-order valence-electron chi connectivity index (χ0n) is 17.5. The van der Waals surface area contributed by atoms with E-state index in [1.807, 2.05) is 30.3 Å². The van der Waals surface area contributed by atoms with E-state index in [1.54, 1.807) is 17.1 Å². The highest BCUT2D eigenvalue weighted by molar-refractivity contribution is 5.95. The molecule has 0 saturated heterocycles. The van der Waals surface area contributed by atoms with Crippen LogP contribution >= 0.6 is 0 Å². The molecule has 2 heterocycles. The Hall–Kier alpha value is -3.95. The van der Waals surface area contributed by atoms with Gasteiger partial charge in [-0.15, -0.1) is 0 Å². The molecule has 0 spiro atoms. The topological polar surface area (TPSA) is 56.0 Å². The summed E-state index contributed by atoms with van der Waals surface area (Å²) in [5.41, 5.74) is -0.702. The Morgan fingerprint density at radius 3 is 2.36 bits per heavy atom. The van der Waals surface area contributed by atoms with Crippen LogP contribution in [0.2, 0.25) is 0 Å². The molecule has 10 heteroatoms. The fourth-order valence-corrected chi connectivity index (χ4v) is 3.48. The van der Waals surface area contributed by atoms with Gasteiger partial charge in [0.15, 0.2) is 5.69 Å². The van der Waals surface area contributed by atoms with Crippen molar-refractivity contribution in [2.75, 3.05) is 7.05 Å². The number of alkyl halides is 3. The number of aromatic nitrogens is 4. The maximum Gasteiger partial charge on any atom is 0.434 e. The molecule has 0 bridgehead atoms. The van der Waals surface area contributed by atoms with Crippen molar-refractivity contribution in [3.05, 3.63) is 101 Å². The standard InChI is InChI=1S/C23H19F4N5O/c1-30(13-17-11-28-31(15-17)14-16-7-3-2-4-8-16)22(33)18-12-29-32(21(18)23(25,26)27)20-10-6-5-9-19(20)24/h2-12,15H,13-14H2,1H3. The molecule has 0 unspecified atom stereocenters. The normalized spacial score (nSPS) is 11.5. The fourth-order valence-electron chi connectivity index (χ4n) is 3.48. The highest BCUT2D eigenvalue weighted by atomic mass is 19.4.